The molecule has 0 aromatic heterocycles. The first-order chi connectivity index (χ1) is 7.97. The Morgan fingerprint density at radius 2 is 2.18 bits per heavy atom. The zero-order valence-corrected chi connectivity index (χ0v) is 9.83. The van der Waals surface area contributed by atoms with E-state index in [2.05, 4.69) is 0 Å². The van der Waals surface area contributed by atoms with Crippen LogP contribution in [0.1, 0.15) is 20.3 Å². The number of hydrogen-bond acceptors (Lipinski definition) is 5. The molecule has 94 valence electrons. The summed E-state index contributed by atoms with van der Waals surface area (Å²) in [5.74, 6) is -0.977. The number of aliphatic hydroxyl groups is 1. The molecule has 1 aliphatic heterocycles. The van der Waals surface area contributed by atoms with E-state index in [9.17, 15) is 14.7 Å². The van der Waals surface area contributed by atoms with Gasteiger partial charge in [0.2, 0.25) is 0 Å². The average molecular weight is 240 g/mol. The molecule has 1 rings (SSSR count). The maximum Gasteiger partial charge on any atom is 0.330 e. The first-order valence-electron chi connectivity index (χ1n) is 5.40. The van der Waals surface area contributed by atoms with Crippen molar-refractivity contribution in [3.63, 3.8) is 0 Å². The fraction of sp³-hybridized carbons (Fsp3) is 0.500. The van der Waals surface area contributed by atoms with Crippen LogP contribution >= 0.6 is 0 Å². The lowest BCUT2D eigenvalue weighted by Crippen LogP contribution is -2.21. The molecule has 0 saturated heterocycles. The third-order valence-corrected chi connectivity index (χ3v) is 2.14. The molecule has 0 saturated carbocycles. The lowest BCUT2D eigenvalue weighted by atomic mass is 10.1. The van der Waals surface area contributed by atoms with Crippen LogP contribution in [0.3, 0.4) is 0 Å². The van der Waals surface area contributed by atoms with Crippen LogP contribution in [0, 0.1) is 0 Å². The van der Waals surface area contributed by atoms with Gasteiger partial charge in [0.25, 0.3) is 0 Å². The molecule has 0 fully saturated rings. The van der Waals surface area contributed by atoms with Gasteiger partial charge in [-0.3, -0.25) is 4.79 Å². The number of cyclic esters (lactones) is 1. The standard InChI is InChI=1S/C12H16O5/c1-8-7-10(14)3-4-11(17-9(2)13)5-6-12(15)16-8/h3-6,8,10-11,14H,7H2,1-2H3/b4-3+,6-5-/t8-,10-,11-/m1/s1. The van der Waals surface area contributed by atoms with Crippen molar-refractivity contribution >= 4 is 11.9 Å². The summed E-state index contributed by atoms with van der Waals surface area (Å²) >= 11 is 0. The largest absolute Gasteiger partial charge is 0.459 e. The lowest BCUT2D eigenvalue weighted by molar-refractivity contribution is -0.145. The number of esters is 2. The number of carbonyl (C=O) groups excluding carboxylic acids is 2. The highest BCUT2D eigenvalue weighted by molar-refractivity contribution is 5.82. The van der Waals surface area contributed by atoms with E-state index >= 15 is 0 Å². The molecule has 5 heteroatoms. The highest BCUT2D eigenvalue weighted by atomic mass is 16.5. The molecule has 3 atom stereocenters. The van der Waals surface area contributed by atoms with E-state index in [-0.39, 0.29) is 6.10 Å². The molecule has 0 aromatic carbocycles. The molecule has 5 nitrogen and oxygen atoms in total. The van der Waals surface area contributed by atoms with E-state index in [1.165, 1.54) is 31.2 Å². The molecule has 0 aliphatic carbocycles. The second-order valence-corrected chi connectivity index (χ2v) is 3.87. The summed E-state index contributed by atoms with van der Waals surface area (Å²) in [6.45, 7) is 2.98. The molecular weight excluding hydrogens is 224 g/mol. The van der Waals surface area contributed by atoms with Gasteiger partial charge in [0, 0.05) is 19.4 Å². The Labute approximate surface area is 99.7 Å². The minimum atomic E-state index is -0.734. The molecule has 0 spiro atoms. The van der Waals surface area contributed by atoms with Crippen molar-refractivity contribution < 1.29 is 24.2 Å². The van der Waals surface area contributed by atoms with Gasteiger partial charge in [0.1, 0.15) is 12.2 Å². The third kappa shape index (κ3) is 5.31. The van der Waals surface area contributed by atoms with Crippen LogP contribution in [0.2, 0.25) is 0 Å². The monoisotopic (exact) mass is 240 g/mol. The van der Waals surface area contributed by atoms with E-state index in [4.69, 9.17) is 9.47 Å². The van der Waals surface area contributed by atoms with Gasteiger partial charge in [-0.2, -0.15) is 0 Å². The summed E-state index contributed by atoms with van der Waals surface area (Å²) in [6, 6.07) is 0. The normalized spacial score (nSPS) is 33.4. The van der Waals surface area contributed by atoms with Crippen LogP contribution in [0.25, 0.3) is 0 Å². The number of ether oxygens (including phenoxy) is 2. The number of carbonyl (C=O) groups is 2. The van der Waals surface area contributed by atoms with Crippen LogP contribution < -0.4 is 0 Å². The third-order valence-electron chi connectivity index (χ3n) is 2.14. The van der Waals surface area contributed by atoms with Gasteiger partial charge in [-0.05, 0) is 19.1 Å². The van der Waals surface area contributed by atoms with Crippen molar-refractivity contribution in [1.29, 1.82) is 0 Å². The van der Waals surface area contributed by atoms with Gasteiger partial charge in [-0.15, -0.1) is 0 Å². The van der Waals surface area contributed by atoms with Crippen molar-refractivity contribution in [1.82, 2.24) is 0 Å². The Kier molecular flexibility index (Phi) is 4.90. The summed E-state index contributed by atoms with van der Waals surface area (Å²) in [5.41, 5.74) is 0. The minimum absolute atomic E-state index is 0.308. The van der Waals surface area contributed by atoms with Crippen LogP contribution in [0.4, 0.5) is 0 Å². The summed E-state index contributed by atoms with van der Waals surface area (Å²) < 4.78 is 9.91. The zero-order valence-electron chi connectivity index (χ0n) is 9.83. The van der Waals surface area contributed by atoms with Crippen molar-refractivity contribution in [3.8, 4) is 0 Å². The van der Waals surface area contributed by atoms with Crippen molar-refractivity contribution in [2.24, 2.45) is 0 Å². The second kappa shape index (κ2) is 6.20. The van der Waals surface area contributed by atoms with Gasteiger partial charge in [0.15, 0.2) is 0 Å². The average Bonchev–Trinajstić information content (AvgIpc) is 2.20. The van der Waals surface area contributed by atoms with E-state index in [1.807, 2.05) is 0 Å². The van der Waals surface area contributed by atoms with Gasteiger partial charge in [0.05, 0.1) is 6.10 Å². The maximum absolute atomic E-state index is 11.3. The molecular formula is C12H16O5. The molecule has 0 unspecified atom stereocenters. The van der Waals surface area contributed by atoms with E-state index in [0.717, 1.165) is 0 Å². The molecule has 0 amide bonds. The van der Waals surface area contributed by atoms with Crippen molar-refractivity contribution in [2.75, 3.05) is 0 Å². The summed E-state index contributed by atoms with van der Waals surface area (Å²) in [4.78, 5) is 22.1. The van der Waals surface area contributed by atoms with Crippen LogP contribution in [0.15, 0.2) is 24.3 Å². The fourth-order valence-corrected chi connectivity index (χ4v) is 1.45. The van der Waals surface area contributed by atoms with Gasteiger partial charge >= 0.3 is 11.9 Å². The fourth-order valence-electron chi connectivity index (χ4n) is 1.45. The molecule has 0 bridgehead atoms. The van der Waals surface area contributed by atoms with Crippen molar-refractivity contribution in [2.45, 2.75) is 38.6 Å². The number of aliphatic hydroxyl groups excluding tert-OH is 1. The smallest absolute Gasteiger partial charge is 0.330 e. The Bertz CT molecular complexity index is 345. The van der Waals surface area contributed by atoms with Crippen LogP contribution in [-0.4, -0.2) is 35.4 Å². The van der Waals surface area contributed by atoms with Crippen molar-refractivity contribution in [3.05, 3.63) is 24.3 Å². The predicted octanol–water partition coefficient (Wildman–Crippen LogP) is 0.727. The molecule has 17 heavy (non-hydrogen) atoms. The Balaban J connectivity index is 2.79. The molecule has 0 radical (unpaired) electrons. The highest BCUT2D eigenvalue weighted by Gasteiger charge is 2.14. The molecule has 0 aromatic rings. The van der Waals surface area contributed by atoms with Gasteiger partial charge in [-0.25, -0.2) is 4.79 Å². The quantitative estimate of drug-likeness (QED) is 0.540. The highest BCUT2D eigenvalue weighted by Crippen LogP contribution is 2.09. The minimum Gasteiger partial charge on any atom is -0.459 e. The zero-order chi connectivity index (χ0) is 12.8. The summed E-state index contributed by atoms with van der Waals surface area (Å²) in [7, 11) is 0. The molecule has 1 heterocycles. The first-order valence-corrected chi connectivity index (χ1v) is 5.40. The Hall–Kier alpha value is -1.62. The predicted molar refractivity (Wildman–Crippen MR) is 60.0 cm³/mol. The molecule has 1 aliphatic rings. The number of rotatable bonds is 1. The van der Waals surface area contributed by atoms with Gasteiger partial charge < -0.3 is 14.6 Å². The van der Waals surface area contributed by atoms with Gasteiger partial charge in [-0.1, -0.05) is 6.08 Å². The number of hydrogen-bond donors (Lipinski definition) is 1. The first kappa shape index (κ1) is 13.4. The lowest BCUT2D eigenvalue weighted by Gasteiger charge is -2.16. The SMILES string of the molecule is CC(=O)O[C@H]1/C=C\C(=O)O[C@H](C)C[C@H](O)/C=C/1. The van der Waals surface area contributed by atoms with E-state index in [1.54, 1.807) is 6.92 Å². The van der Waals surface area contributed by atoms with E-state index < -0.39 is 24.1 Å². The van der Waals surface area contributed by atoms with E-state index in [0.29, 0.717) is 6.42 Å². The Morgan fingerprint density at radius 3 is 2.82 bits per heavy atom. The Morgan fingerprint density at radius 1 is 1.47 bits per heavy atom. The molecule has 1 N–H and O–H groups in total. The summed E-state index contributed by atoms with van der Waals surface area (Å²) in [5, 5.41) is 9.60. The second-order valence-electron chi connectivity index (χ2n) is 3.87. The van der Waals surface area contributed by atoms with Crippen LogP contribution in [0.5, 0.6) is 0 Å². The maximum atomic E-state index is 11.3. The van der Waals surface area contributed by atoms with Crippen LogP contribution in [-0.2, 0) is 19.1 Å². The topological polar surface area (TPSA) is 72.8 Å². The summed E-state index contributed by atoms with van der Waals surface area (Å²) in [6.07, 6.45) is 4.23.